The topological polar surface area (TPSA) is 85.4 Å². The Labute approximate surface area is 254 Å². The number of benzene rings is 2. The van der Waals surface area contributed by atoms with Gasteiger partial charge in [-0.05, 0) is 75.3 Å². The van der Waals surface area contributed by atoms with E-state index in [4.69, 9.17) is 4.74 Å². The van der Waals surface area contributed by atoms with E-state index >= 15 is 0 Å². The zero-order chi connectivity index (χ0) is 32.4. The number of piperidine rings is 1. The number of alkyl halides is 3. The Hall–Kier alpha value is -3.87. The number of likely N-dealkylation sites (tertiary alicyclic amines) is 1. The average Bonchev–Trinajstić information content (AvgIpc) is 3.20. The van der Waals surface area contributed by atoms with Crippen LogP contribution in [0.4, 0.5) is 23.2 Å². The Balaban J connectivity index is 1.46. The first-order valence-electron chi connectivity index (χ1n) is 14.5. The summed E-state index contributed by atoms with van der Waals surface area (Å²) in [6.07, 6.45) is -4.09. The Morgan fingerprint density at radius 1 is 1.07 bits per heavy atom. The number of anilines is 1. The minimum atomic E-state index is -4.76. The van der Waals surface area contributed by atoms with Crippen LogP contribution in [0.2, 0.25) is 0 Å². The molecule has 0 bridgehead atoms. The molecule has 2 aliphatic rings. The van der Waals surface area contributed by atoms with E-state index in [0.717, 1.165) is 18.0 Å². The zero-order valence-electron chi connectivity index (χ0n) is 25.6. The molecule has 2 saturated heterocycles. The van der Waals surface area contributed by atoms with Crippen molar-refractivity contribution in [3.8, 4) is 5.75 Å². The number of carbonyl (C=O) groups excluding carboxylic acids is 3. The lowest BCUT2D eigenvalue weighted by Gasteiger charge is -2.44. The summed E-state index contributed by atoms with van der Waals surface area (Å²) in [7, 11) is 5.66. The number of ether oxygens (including phenoxy) is 1. The first-order valence-corrected chi connectivity index (χ1v) is 14.5. The monoisotopic (exact) mass is 621 g/mol. The van der Waals surface area contributed by atoms with Gasteiger partial charge in [-0.25, -0.2) is 4.39 Å². The van der Waals surface area contributed by atoms with Crippen molar-refractivity contribution in [1.82, 2.24) is 20.0 Å². The highest BCUT2D eigenvalue weighted by molar-refractivity contribution is 5.98. The zero-order valence-corrected chi connectivity index (χ0v) is 25.6. The van der Waals surface area contributed by atoms with Crippen LogP contribution in [0.5, 0.6) is 5.75 Å². The first kappa shape index (κ1) is 33.0. The maximum atomic E-state index is 14.4. The van der Waals surface area contributed by atoms with Crippen LogP contribution in [0.15, 0.2) is 42.5 Å². The highest BCUT2D eigenvalue weighted by Crippen LogP contribution is 2.40. The number of nitrogens with one attached hydrogen (secondary N) is 1. The van der Waals surface area contributed by atoms with Crippen molar-refractivity contribution in [2.24, 2.45) is 5.92 Å². The minimum absolute atomic E-state index is 0.0513. The SMILES string of the molecule is CC(C)[C@@H](NC(=O)c1cc(C(F)(F)F)ccc1F)C(=O)N1CCC2(CC1)C(=O)N(C)CN2c1ccc(OCCN(C)C)cc1. The van der Waals surface area contributed by atoms with Crippen molar-refractivity contribution in [3.63, 3.8) is 0 Å². The van der Waals surface area contributed by atoms with Gasteiger partial charge in [0.2, 0.25) is 11.8 Å². The average molecular weight is 622 g/mol. The van der Waals surface area contributed by atoms with Gasteiger partial charge in [0.05, 0.1) is 17.8 Å². The lowest BCUT2D eigenvalue weighted by Crippen LogP contribution is -2.60. The van der Waals surface area contributed by atoms with Crippen molar-refractivity contribution in [2.45, 2.75) is 44.4 Å². The largest absolute Gasteiger partial charge is 0.492 e. The predicted molar refractivity (Wildman–Crippen MR) is 157 cm³/mol. The molecule has 0 aliphatic carbocycles. The summed E-state index contributed by atoms with van der Waals surface area (Å²) in [5.41, 5.74) is -1.98. The van der Waals surface area contributed by atoms with Crippen LogP contribution in [-0.2, 0) is 15.8 Å². The molecule has 1 atom stereocenters. The predicted octanol–water partition coefficient (Wildman–Crippen LogP) is 3.84. The van der Waals surface area contributed by atoms with Crippen LogP contribution in [0, 0.1) is 11.7 Å². The maximum absolute atomic E-state index is 14.4. The second-order valence-electron chi connectivity index (χ2n) is 12.0. The van der Waals surface area contributed by atoms with Crippen molar-refractivity contribution in [2.75, 3.05) is 59.0 Å². The van der Waals surface area contributed by atoms with Gasteiger partial charge in [0, 0.05) is 32.4 Å². The van der Waals surface area contributed by atoms with Gasteiger partial charge < -0.3 is 29.7 Å². The fourth-order valence-corrected chi connectivity index (χ4v) is 5.67. The third-order valence-corrected chi connectivity index (χ3v) is 8.23. The molecule has 2 heterocycles. The van der Waals surface area contributed by atoms with Gasteiger partial charge >= 0.3 is 6.18 Å². The summed E-state index contributed by atoms with van der Waals surface area (Å²) < 4.78 is 59.7. The number of hydrogen-bond donors (Lipinski definition) is 1. The number of rotatable bonds is 9. The van der Waals surface area contributed by atoms with Crippen molar-refractivity contribution in [3.05, 3.63) is 59.4 Å². The Bertz CT molecular complexity index is 1360. The maximum Gasteiger partial charge on any atom is 0.416 e. The van der Waals surface area contributed by atoms with E-state index in [-0.39, 0.29) is 19.0 Å². The van der Waals surface area contributed by atoms with E-state index in [1.807, 2.05) is 48.2 Å². The molecule has 2 aliphatic heterocycles. The second kappa shape index (κ2) is 13.0. The van der Waals surface area contributed by atoms with Gasteiger partial charge in [0.1, 0.15) is 29.8 Å². The molecule has 13 heteroatoms. The summed E-state index contributed by atoms with van der Waals surface area (Å²) in [6, 6.07) is 8.02. The lowest BCUT2D eigenvalue weighted by molar-refractivity contribution is -0.139. The van der Waals surface area contributed by atoms with Crippen molar-refractivity contribution >= 4 is 23.4 Å². The Morgan fingerprint density at radius 2 is 1.70 bits per heavy atom. The molecule has 0 unspecified atom stereocenters. The number of likely N-dealkylation sites (N-methyl/N-ethyl adjacent to an activating group) is 2. The highest BCUT2D eigenvalue weighted by atomic mass is 19.4. The standard InChI is InChI=1S/C31H39F4N5O4/c1-20(2)26(36-27(41)24-18-21(31(33,34)35)6-11-25(24)32)28(42)39-14-12-30(13-15-39)29(43)38(5)19-40(30)22-7-9-23(10-8-22)44-17-16-37(3)4/h6-11,18,20,26H,12-17,19H2,1-5H3,(H,36,41)/t26-/m1/s1. The first-order chi connectivity index (χ1) is 20.6. The molecule has 9 nitrogen and oxygen atoms in total. The third kappa shape index (κ3) is 6.92. The molecule has 0 saturated carbocycles. The summed E-state index contributed by atoms with van der Waals surface area (Å²) >= 11 is 0. The van der Waals surface area contributed by atoms with E-state index < -0.39 is 52.4 Å². The highest BCUT2D eigenvalue weighted by Gasteiger charge is 2.53. The smallest absolute Gasteiger partial charge is 0.416 e. The second-order valence-corrected chi connectivity index (χ2v) is 12.0. The Morgan fingerprint density at radius 3 is 2.27 bits per heavy atom. The van der Waals surface area contributed by atoms with Gasteiger partial charge in [0.15, 0.2) is 0 Å². The van der Waals surface area contributed by atoms with Crippen molar-refractivity contribution < 1.29 is 36.7 Å². The number of hydrogen-bond acceptors (Lipinski definition) is 6. The molecular formula is C31H39F4N5O4. The van der Waals surface area contributed by atoms with E-state index in [0.29, 0.717) is 44.3 Å². The summed E-state index contributed by atoms with van der Waals surface area (Å²) in [6.45, 7) is 5.49. The quantitative estimate of drug-likeness (QED) is 0.429. The van der Waals surface area contributed by atoms with Crippen LogP contribution in [0.25, 0.3) is 0 Å². The minimum Gasteiger partial charge on any atom is -0.492 e. The normalized spacial score (nSPS) is 17.5. The Kier molecular flexibility index (Phi) is 9.77. The van der Waals surface area contributed by atoms with E-state index in [9.17, 15) is 31.9 Å². The van der Waals surface area contributed by atoms with Gasteiger partial charge in [-0.3, -0.25) is 14.4 Å². The van der Waals surface area contributed by atoms with Gasteiger partial charge in [-0.15, -0.1) is 0 Å². The molecule has 240 valence electrons. The molecule has 0 radical (unpaired) electrons. The molecule has 4 rings (SSSR count). The van der Waals surface area contributed by atoms with Crippen LogP contribution in [0.3, 0.4) is 0 Å². The fourth-order valence-electron chi connectivity index (χ4n) is 5.67. The van der Waals surface area contributed by atoms with E-state index in [2.05, 4.69) is 5.32 Å². The molecule has 2 aromatic carbocycles. The van der Waals surface area contributed by atoms with E-state index in [1.54, 1.807) is 30.7 Å². The number of carbonyl (C=O) groups is 3. The number of nitrogens with zero attached hydrogens (tertiary/aromatic N) is 4. The lowest BCUT2D eigenvalue weighted by atomic mass is 9.85. The number of halogens is 4. The molecule has 44 heavy (non-hydrogen) atoms. The van der Waals surface area contributed by atoms with Gasteiger partial charge in [0.25, 0.3) is 5.91 Å². The van der Waals surface area contributed by atoms with Crippen molar-refractivity contribution in [1.29, 1.82) is 0 Å². The van der Waals surface area contributed by atoms with Gasteiger partial charge in [-0.2, -0.15) is 13.2 Å². The van der Waals surface area contributed by atoms with Crippen LogP contribution >= 0.6 is 0 Å². The molecular weight excluding hydrogens is 582 g/mol. The molecule has 1 spiro atoms. The molecule has 1 N–H and O–H groups in total. The fraction of sp³-hybridized carbons (Fsp3) is 0.516. The van der Waals surface area contributed by atoms with Crippen LogP contribution in [0.1, 0.15) is 42.6 Å². The molecule has 2 aromatic rings. The van der Waals surface area contributed by atoms with Gasteiger partial charge in [-0.1, -0.05) is 13.8 Å². The summed E-state index contributed by atoms with van der Waals surface area (Å²) in [5, 5.41) is 2.45. The summed E-state index contributed by atoms with van der Waals surface area (Å²) in [5.74, 6) is -2.45. The van der Waals surface area contributed by atoms with Crippen LogP contribution < -0.4 is 15.0 Å². The van der Waals surface area contributed by atoms with Crippen LogP contribution in [-0.4, -0.2) is 98.1 Å². The molecule has 0 aromatic heterocycles. The summed E-state index contributed by atoms with van der Waals surface area (Å²) in [4.78, 5) is 47.2. The number of amides is 3. The molecule has 2 fully saturated rings. The van der Waals surface area contributed by atoms with E-state index in [1.165, 1.54) is 0 Å². The molecule has 3 amide bonds. The third-order valence-electron chi connectivity index (χ3n) is 8.23.